The molecule has 0 aromatic heterocycles. The molecule has 5 nitrogen and oxygen atoms in total. The number of benzene rings is 1. The maximum absolute atomic E-state index is 11.1. The van der Waals surface area contributed by atoms with Gasteiger partial charge in [0, 0.05) is 6.08 Å². The second-order valence-corrected chi connectivity index (χ2v) is 3.18. The second kappa shape index (κ2) is 5.79. The van der Waals surface area contributed by atoms with Gasteiger partial charge in [-0.05, 0) is 30.7 Å². The third kappa shape index (κ3) is 3.41. The summed E-state index contributed by atoms with van der Waals surface area (Å²) in [6, 6.07) is 2.80. The molecule has 0 saturated heterocycles. The van der Waals surface area contributed by atoms with Gasteiger partial charge in [-0.1, -0.05) is 0 Å². The van der Waals surface area contributed by atoms with Crippen molar-refractivity contribution in [3.8, 4) is 17.2 Å². The zero-order valence-corrected chi connectivity index (χ0v) is 9.64. The summed E-state index contributed by atoms with van der Waals surface area (Å²) in [5, 5.41) is 18.8. The highest BCUT2D eigenvalue weighted by atomic mass is 16.5. The standard InChI is InChI=1S/C12H14O5/c1-3-17-11(14)5-4-8-6-9(13)12(15)10(7-8)16-2/h4-7,13,15H,3H2,1-2H3. The number of methoxy groups -OCH3 is 1. The van der Waals surface area contributed by atoms with Gasteiger partial charge in [0.2, 0.25) is 5.75 Å². The van der Waals surface area contributed by atoms with E-state index in [1.807, 2.05) is 0 Å². The summed E-state index contributed by atoms with van der Waals surface area (Å²) >= 11 is 0. The van der Waals surface area contributed by atoms with E-state index in [2.05, 4.69) is 0 Å². The number of phenols is 2. The number of carbonyl (C=O) groups excluding carboxylic acids is 1. The summed E-state index contributed by atoms with van der Waals surface area (Å²) in [5.41, 5.74) is 0.519. The highest BCUT2D eigenvalue weighted by molar-refractivity contribution is 5.87. The molecule has 92 valence electrons. The van der Waals surface area contributed by atoms with Gasteiger partial charge in [0.05, 0.1) is 13.7 Å². The van der Waals surface area contributed by atoms with Crippen molar-refractivity contribution in [3.63, 3.8) is 0 Å². The Morgan fingerprint density at radius 2 is 2.12 bits per heavy atom. The highest BCUT2D eigenvalue weighted by Crippen LogP contribution is 2.36. The lowest BCUT2D eigenvalue weighted by Gasteiger charge is -2.06. The van der Waals surface area contributed by atoms with Gasteiger partial charge >= 0.3 is 5.97 Å². The lowest BCUT2D eigenvalue weighted by atomic mass is 10.1. The quantitative estimate of drug-likeness (QED) is 0.474. The van der Waals surface area contributed by atoms with Crippen LogP contribution in [0.3, 0.4) is 0 Å². The van der Waals surface area contributed by atoms with Crippen molar-refractivity contribution in [1.29, 1.82) is 0 Å². The first-order valence-electron chi connectivity index (χ1n) is 5.03. The zero-order valence-electron chi connectivity index (χ0n) is 9.64. The molecule has 5 heteroatoms. The molecule has 0 radical (unpaired) electrons. The second-order valence-electron chi connectivity index (χ2n) is 3.18. The molecular formula is C12H14O5. The van der Waals surface area contributed by atoms with Crippen molar-refractivity contribution in [2.45, 2.75) is 6.92 Å². The lowest BCUT2D eigenvalue weighted by Crippen LogP contribution is -1.98. The van der Waals surface area contributed by atoms with E-state index in [1.165, 1.54) is 31.4 Å². The number of ether oxygens (including phenoxy) is 2. The van der Waals surface area contributed by atoms with Crippen LogP contribution in [0.15, 0.2) is 18.2 Å². The third-order valence-electron chi connectivity index (χ3n) is 2.00. The minimum Gasteiger partial charge on any atom is -0.504 e. The van der Waals surface area contributed by atoms with Crippen LogP contribution in [-0.2, 0) is 9.53 Å². The SMILES string of the molecule is CCOC(=O)C=Cc1cc(O)c(O)c(OC)c1. The Labute approximate surface area is 98.9 Å². The van der Waals surface area contributed by atoms with E-state index >= 15 is 0 Å². The van der Waals surface area contributed by atoms with Crippen LogP contribution in [0.25, 0.3) is 6.08 Å². The minimum absolute atomic E-state index is 0.133. The van der Waals surface area contributed by atoms with Crippen molar-refractivity contribution in [1.82, 2.24) is 0 Å². The molecule has 1 aromatic rings. The summed E-state index contributed by atoms with van der Waals surface area (Å²) in [5.74, 6) is -0.985. The Balaban J connectivity index is 2.92. The zero-order chi connectivity index (χ0) is 12.8. The monoisotopic (exact) mass is 238 g/mol. The molecule has 0 heterocycles. The Morgan fingerprint density at radius 3 is 2.71 bits per heavy atom. The van der Waals surface area contributed by atoms with Crippen LogP contribution in [0.2, 0.25) is 0 Å². The molecule has 0 fully saturated rings. The van der Waals surface area contributed by atoms with E-state index in [0.717, 1.165) is 0 Å². The maximum atomic E-state index is 11.1. The van der Waals surface area contributed by atoms with Crippen LogP contribution < -0.4 is 4.74 Å². The fourth-order valence-corrected chi connectivity index (χ4v) is 1.22. The van der Waals surface area contributed by atoms with E-state index in [1.54, 1.807) is 6.92 Å². The van der Waals surface area contributed by atoms with E-state index in [-0.39, 0.29) is 17.2 Å². The van der Waals surface area contributed by atoms with E-state index in [4.69, 9.17) is 9.47 Å². The number of esters is 1. The van der Waals surface area contributed by atoms with Gasteiger partial charge in [0.25, 0.3) is 0 Å². The van der Waals surface area contributed by atoms with Gasteiger partial charge in [-0.2, -0.15) is 0 Å². The smallest absolute Gasteiger partial charge is 0.330 e. The molecule has 1 rings (SSSR count). The predicted octanol–water partition coefficient (Wildman–Crippen LogP) is 1.68. The van der Waals surface area contributed by atoms with Crippen molar-refractivity contribution in [2.24, 2.45) is 0 Å². The predicted molar refractivity (Wildman–Crippen MR) is 62.0 cm³/mol. The Bertz CT molecular complexity index is 437. The molecule has 0 atom stereocenters. The number of phenolic OH excluding ortho intramolecular Hbond substituents is 2. The number of carbonyl (C=O) groups is 1. The van der Waals surface area contributed by atoms with E-state index < -0.39 is 5.97 Å². The fourth-order valence-electron chi connectivity index (χ4n) is 1.22. The fraction of sp³-hybridized carbons (Fsp3) is 0.250. The summed E-state index contributed by atoms with van der Waals surface area (Å²) in [6.07, 6.45) is 2.69. The van der Waals surface area contributed by atoms with Crippen molar-refractivity contribution < 1.29 is 24.5 Å². The molecule has 0 saturated carbocycles. The molecule has 0 bridgehead atoms. The Kier molecular flexibility index (Phi) is 4.39. The molecule has 0 amide bonds. The Morgan fingerprint density at radius 1 is 1.41 bits per heavy atom. The van der Waals surface area contributed by atoms with E-state index in [0.29, 0.717) is 12.2 Å². The minimum atomic E-state index is -0.473. The first kappa shape index (κ1) is 12.9. The molecule has 1 aromatic carbocycles. The number of hydrogen-bond acceptors (Lipinski definition) is 5. The van der Waals surface area contributed by atoms with Gasteiger partial charge < -0.3 is 19.7 Å². The lowest BCUT2D eigenvalue weighted by molar-refractivity contribution is -0.137. The molecule has 0 spiro atoms. The summed E-state index contributed by atoms with van der Waals surface area (Å²) in [7, 11) is 1.37. The van der Waals surface area contributed by atoms with Crippen molar-refractivity contribution >= 4 is 12.0 Å². The van der Waals surface area contributed by atoms with Gasteiger partial charge in [-0.25, -0.2) is 4.79 Å². The largest absolute Gasteiger partial charge is 0.504 e. The molecule has 0 aliphatic carbocycles. The van der Waals surface area contributed by atoms with Crippen LogP contribution in [0, 0.1) is 0 Å². The summed E-state index contributed by atoms with van der Waals surface area (Å²) < 4.78 is 9.57. The molecule has 2 N–H and O–H groups in total. The number of aromatic hydroxyl groups is 2. The van der Waals surface area contributed by atoms with Crippen LogP contribution in [0.1, 0.15) is 12.5 Å². The van der Waals surface area contributed by atoms with Gasteiger partial charge in [0.1, 0.15) is 0 Å². The van der Waals surface area contributed by atoms with Crippen LogP contribution >= 0.6 is 0 Å². The summed E-state index contributed by atoms with van der Waals surface area (Å²) in [6.45, 7) is 2.01. The maximum Gasteiger partial charge on any atom is 0.330 e. The number of rotatable bonds is 4. The van der Waals surface area contributed by atoms with Crippen LogP contribution in [0.4, 0.5) is 0 Å². The number of hydrogen-bond donors (Lipinski definition) is 2. The average molecular weight is 238 g/mol. The van der Waals surface area contributed by atoms with Gasteiger partial charge in [-0.15, -0.1) is 0 Å². The van der Waals surface area contributed by atoms with E-state index in [9.17, 15) is 15.0 Å². The summed E-state index contributed by atoms with van der Waals surface area (Å²) in [4.78, 5) is 11.1. The molecule has 17 heavy (non-hydrogen) atoms. The molecule has 0 aliphatic rings. The highest BCUT2D eigenvalue weighted by Gasteiger charge is 2.08. The molecule has 0 unspecified atom stereocenters. The third-order valence-corrected chi connectivity index (χ3v) is 2.00. The average Bonchev–Trinajstić information content (AvgIpc) is 2.31. The molecule has 0 aliphatic heterocycles. The van der Waals surface area contributed by atoms with Gasteiger partial charge in [-0.3, -0.25) is 0 Å². The first-order valence-corrected chi connectivity index (χ1v) is 5.03. The normalized spacial score (nSPS) is 10.5. The Hall–Kier alpha value is -2.17. The van der Waals surface area contributed by atoms with Crippen LogP contribution in [-0.4, -0.2) is 29.9 Å². The van der Waals surface area contributed by atoms with Gasteiger partial charge in [0.15, 0.2) is 11.5 Å². The topological polar surface area (TPSA) is 76.0 Å². The van der Waals surface area contributed by atoms with Crippen LogP contribution in [0.5, 0.6) is 17.2 Å². The van der Waals surface area contributed by atoms with Crippen molar-refractivity contribution in [2.75, 3.05) is 13.7 Å². The molecular weight excluding hydrogens is 224 g/mol. The first-order chi connectivity index (χ1) is 8.08. The van der Waals surface area contributed by atoms with Crippen molar-refractivity contribution in [3.05, 3.63) is 23.8 Å².